The lowest BCUT2D eigenvalue weighted by atomic mass is 10.1. The summed E-state index contributed by atoms with van der Waals surface area (Å²) in [7, 11) is 0. The second-order valence-electron chi connectivity index (χ2n) is 7.43. The van der Waals surface area contributed by atoms with Crippen LogP contribution < -0.4 is 4.90 Å². The number of anilines is 1. The van der Waals surface area contributed by atoms with Gasteiger partial charge in [0.2, 0.25) is 5.91 Å². The fraction of sp³-hybridized carbons (Fsp3) is 0.550. The number of piperidine rings is 2. The highest BCUT2D eigenvalue weighted by molar-refractivity contribution is 8.18. The summed E-state index contributed by atoms with van der Waals surface area (Å²) in [4.78, 5) is 42.6. The lowest BCUT2D eigenvalue weighted by Crippen LogP contribution is -2.44. The second-order valence-corrected chi connectivity index (χ2v) is 8.43. The minimum Gasteiger partial charge on any atom is -0.441 e. The molecule has 28 heavy (non-hydrogen) atoms. The Labute approximate surface area is 168 Å². The normalized spacial score (nSPS) is 22.4. The zero-order valence-corrected chi connectivity index (χ0v) is 16.7. The van der Waals surface area contributed by atoms with E-state index in [9.17, 15) is 14.4 Å². The number of likely N-dealkylation sites (tertiary alicyclic amines) is 1. The van der Waals surface area contributed by atoms with Gasteiger partial charge in [-0.15, -0.1) is 0 Å². The third-order valence-electron chi connectivity index (χ3n) is 5.43. The molecule has 7 nitrogen and oxygen atoms in total. The van der Waals surface area contributed by atoms with Gasteiger partial charge < -0.3 is 14.2 Å². The Morgan fingerprint density at radius 2 is 1.68 bits per heavy atom. The Bertz CT molecular complexity index is 791. The van der Waals surface area contributed by atoms with Crippen molar-refractivity contribution in [2.45, 2.75) is 38.5 Å². The Morgan fingerprint density at radius 1 is 1.00 bits per heavy atom. The highest BCUT2D eigenvalue weighted by atomic mass is 32.2. The first-order valence-corrected chi connectivity index (χ1v) is 10.8. The molecule has 3 fully saturated rings. The van der Waals surface area contributed by atoms with E-state index in [-0.39, 0.29) is 12.5 Å². The van der Waals surface area contributed by atoms with Gasteiger partial charge in [0.25, 0.3) is 11.1 Å². The molecule has 8 heteroatoms. The number of hydrogen-bond donors (Lipinski definition) is 0. The number of rotatable bonds is 4. The number of carbonyl (C=O) groups excluding carboxylic acids is 3. The Kier molecular flexibility index (Phi) is 5.75. The third kappa shape index (κ3) is 4.11. The molecule has 0 aromatic carbocycles. The smallest absolute Gasteiger partial charge is 0.294 e. The summed E-state index contributed by atoms with van der Waals surface area (Å²) in [6.07, 6.45) is 8.23. The molecule has 0 N–H and O–H groups in total. The Morgan fingerprint density at radius 3 is 2.39 bits per heavy atom. The van der Waals surface area contributed by atoms with E-state index >= 15 is 0 Å². The summed E-state index contributed by atoms with van der Waals surface area (Å²) in [5, 5.41) is -0.399. The quantitative estimate of drug-likeness (QED) is 0.718. The van der Waals surface area contributed by atoms with Gasteiger partial charge in [0.1, 0.15) is 12.3 Å². The second kappa shape index (κ2) is 8.43. The van der Waals surface area contributed by atoms with Crippen LogP contribution in [0.4, 0.5) is 10.7 Å². The number of nitrogens with zero attached hydrogens (tertiary/aromatic N) is 3. The van der Waals surface area contributed by atoms with Crippen molar-refractivity contribution in [3.63, 3.8) is 0 Å². The zero-order valence-electron chi connectivity index (χ0n) is 15.9. The van der Waals surface area contributed by atoms with Crippen LogP contribution in [0.2, 0.25) is 0 Å². The molecule has 1 aromatic heterocycles. The van der Waals surface area contributed by atoms with Crippen molar-refractivity contribution in [3.05, 3.63) is 22.8 Å². The van der Waals surface area contributed by atoms with Crippen LogP contribution in [-0.2, 0) is 9.59 Å². The average Bonchev–Trinajstić information content (AvgIpc) is 3.30. The van der Waals surface area contributed by atoms with Crippen LogP contribution in [0.1, 0.15) is 44.3 Å². The van der Waals surface area contributed by atoms with Gasteiger partial charge in [0.05, 0.1) is 4.91 Å². The molecule has 0 bridgehead atoms. The van der Waals surface area contributed by atoms with Gasteiger partial charge in [0, 0.05) is 38.3 Å². The molecular formula is C20H25N3O4S. The highest BCUT2D eigenvalue weighted by Crippen LogP contribution is 2.33. The fourth-order valence-electron chi connectivity index (χ4n) is 3.85. The first-order valence-electron chi connectivity index (χ1n) is 10.00. The third-order valence-corrected chi connectivity index (χ3v) is 6.34. The average molecular weight is 404 g/mol. The molecule has 4 rings (SSSR count). The first-order chi connectivity index (χ1) is 13.6. The summed E-state index contributed by atoms with van der Waals surface area (Å²) >= 11 is 0.864. The van der Waals surface area contributed by atoms with Crippen LogP contribution in [0.25, 0.3) is 6.08 Å². The lowest BCUT2D eigenvalue weighted by Gasteiger charge is -2.27. The molecule has 3 aliphatic rings. The van der Waals surface area contributed by atoms with Gasteiger partial charge in [-0.3, -0.25) is 19.3 Å². The summed E-state index contributed by atoms with van der Waals surface area (Å²) < 4.78 is 5.86. The Hall–Kier alpha value is -2.22. The number of hydrogen-bond acceptors (Lipinski definition) is 6. The van der Waals surface area contributed by atoms with Crippen molar-refractivity contribution in [2.24, 2.45) is 0 Å². The summed E-state index contributed by atoms with van der Waals surface area (Å²) in [6.45, 7) is 3.18. The van der Waals surface area contributed by atoms with Crippen molar-refractivity contribution >= 4 is 40.8 Å². The molecule has 0 unspecified atom stereocenters. The topological polar surface area (TPSA) is 74.1 Å². The van der Waals surface area contributed by atoms with E-state index in [0.29, 0.717) is 23.8 Å². The summed E-state index contributed by atoms with van der Waals surface area (Å²) in [5.74, 6) is 0.767. The van der Waals surface area contributed by atoms with Crippen LogP contribution in [0.15, 0.2) is 21.5 Å². The van der Waals surface area contributed by atoms with Gasteiger partial charge in [-0.05, 0) is 56.4 Å². The summed E-state index contributed by atoms with van der Waals surface area (Å²) in [5.41, 5.74) is 0. The predicted octanol–water partition coefficient (Wildman–Crippen LogP) is 3.32. The zero-order chi connectivity index (χ0) is 19.5. The molecule has 3 amide bonds. The van der Waals surface area contributed by atoms with Gasteiger partial charge in [-0.1, -0.05) is 0 Å². The number of furan rings is 1. The lowest BCUT2D eigenvalue weighted by molar-refractivity contribution is -0.136. The fourth-order valence-corrected chi connectivity index (χ4v) is 4.67. The van der Waals surface area contributed by atoms with E-state index in [1.807, 2.05) is 12.1 Å². The van der Waals surface area contributed by atoms with Crippen molar-refractivity contribution in [1.82, 2.24) is 9.80 Å². The first kappa shape index (κ1) is 19.1. The standard InChI is InChI=1S/C20H25N3O4S/c24-17(21-9-3-1-4-10-21)14-23-19(25)16(28-20(23)26)13-15-7-8-18(27-15)22-11-5-2-6-12-22/h7-8,13H,1-6,9-12,14H2/b16-13-. The molecule has 0 saturated carbocycles. The van der Waals surface area contributed by atoms with Gasteiger partial charge in [-0.2, -0.15) is 0 Å². The number of thioether (sulfide) groups is 1. The maximum absolute atomic E-state index is 12.6. The van der Waals surface area contributed by atoms with Gasteiger partial charge in [-0.25, -0.2) is 0 Å². The van der Waals surface area contributed by atoms with Crippen molar-refractivity contribution in [1.29, 1.82) is 0 Å². The molecule has 4 heterocycles. The SMILES string of the molecule is O=C(CN1C(=O)S/C(=C\c2ccc(N3CCCCC3)o2)C1=O)N1CCCCC1. The van der Waals surface area contributed by atoms with Crippen LogP contribution in [0.3, 0.4) is 0 Å². The highest BCUT2D eigenvalue weighted by Gasteiger charge is 2.37. The minimum absolute atomic E-state index is 0.159. The molecule has 3 saturated heterocycles. The maximum Gasteiger partial charge on any atom is 0.294 e. The number of imide groups is 1. The van der Waals surface area contributed by atoms with E-state index < -0.39 is 11.1 Å². The summed E-state index contributed by atoms with van der Waals surface area (Å²) in [6, 6.07) is 3.72. The molecule has 0 aliphatic carbocycles. The van der Waals surface area contributed by atoms with Crippen molar-refractivity contribution < 1.29 is 18.8 Å². The Balaban J connectivity index is 1.41. The largest absolute Gasteiger partial charge is 0.441 e. The van der Waals surface area contributed by atoms with E-state index in [2.05, 4.69) is 4.90 Å². The molecule has 0 radical (unpaired) electrons. The van der Waals surface area contributed by atoms with Crippen LogP contribution in [0.5, 0.6) is 0 Å². The van der Waals surface area contributed by atoms with E-state index in [1.54, 1.807) is 11.0 Å². The van der Waals surface area contributed by atoms with E-state index in [1.165, 1.54) is 6.42 Å². The van der Waals surface area contributed by atoms with Crippen LogP contribution in [-0.4, -0.2) is 59.6 Å². The van der Waals surface area contributed by atoms with Gasteiger partial charge >= 0.3 is 0 Å². The molecular weight excluding hydrogens is 378 g/mol. The molecule has 0 spiro atoms. The van der Waals surface area contributed by atoms with E-state index in [0.717, 1.165) is 67.7 Å². The molecule has 0 atom stereocenters. The van der Waals surface area contributed by atoms with E-state index in [4.69, 9.17) is 4.42 Å². The number of amides is 3. The monoisotopic (exact) mass is 403 g/mol. The number of carbonyl (C=O) groups is 3. The predicted molar refractivity (Wildman–Crippen MR) is 108 cm³/mol. The molecule has 1 aromatic rings. The minimum atomic E-state index is -0.420. The van der Waals surface area contributed by atoms with Crippen LogP contribution in [0, 0.1) is 0 Å². The van der Waals surface area contributed by atoms with Gasteiger partial charge in [0.15, 0.2) is 5.88 Å². The molecule has 150 valence electrons. The van der Waals surface area contributed by atoms with Crippen LogP contribution >= 0.6 is 11.8 Å². The maximum atomic E-state index is 12.6. The molecule has 3 aliphatic heterocycles. The van der Waals surface area contributed by atoms with Crippen molar-refractivity contribution in [3.8, 4) is 0 Å². The van der Waals surface area contributed by atoms with Crippen molar-refractivity contribution in [2.75, 3.05) is 37.6 Å².